The van der Waals surface area contributed by atoms with Crippen molar-refractivity contribution < 1.29 is 9.53 Å². The molecule has 0 bridgehead atoms. The summed E-state index contributed by atoms with van der Waals surface area (Å²) in [5, 5.41) is 7.99. The number of likely N-dealkylation sites (tertiary alicyclic amines) is 1. The Morgan fingerprint density at radius 2 is 2.06 bits per heavy atom. The largest absolute Gasteiger partial charge is 0.497 e. The standard InChI is InChI=1S/C24H28ClN5O2/c1-17(24(31)28-23-10-7-21(25)13-26-23)29-11-3-4-19(15-29)20-12-27-30(16-20)14-18-5-8-22(32-2)9-6-18/h5-10,12-13,16-17,19H,3-4,11,14-15H2,1-2H3,(H,26,28,31)/t17-,19?/m0/s1. The Kier molecular flexibility index (Phi) is 7.07. The molecule has 7 nitrogen and oxygen atoms in total. The minimum atomic E-state index is -0.246. The lowest BCUT2D eigenvalue weighted by atomic mass is 9.92. The molecule has 1 amide bonds. The van der Waals surface area contributed by atoms with Crippen LogP contribution in [0.15, 0.2) is 55.0 Å². The van der Waals surface area contributed by atoms with Gasteiger partial charge < -0.3 is 10.1 Å². The van der Waals surface area contributed by atoms with Crippen molar-refractivity contribution in [2.24, 2.45) is 0 Å². The minimum Gasteiger partial charge on any atom is -0.497 e. The fourth-order valence-corrected chi connectivity index (χ4v) is 4.18. The first-order valence-electron chi connectivity index (χ1n) is 10.8. The van der Waals surface area contributed by atoms with E-state index >= 15 is 0 Å². The number of benzene rings is 1. The lowest BCUT2D eigenvalue weighted by Gasteiger charge is -2.35. The van der Waals surface area contributed by atoms with Crippen LogP contribution in [0.2, 0.25) is 5.02 Å². The van der Waals surface area contributed by atoms with E-state index in [1.807, 2.05) is 29.9 Å². The van der Waals surface area contributed by atoms with Crippen molar-refractivity contribution >= 4 is 23.3 Å². The lowest BCUT2D eigenvalue weighted by Crippen LogP contribution is -2.46. The molecule has 4 rings (SSSR count). The number of aromatic nitrogens is 3. The number of methoxy groups -OCH3 is 1. The molecule has 0 saturated carbocycles. The molecular formula is C24H28ClN5O2. The van der Waals surface area contributed by atoms with E-state index in [9.17, 15) is 4.79 Å². The van der Waals surface area contributed by atoms with E-state index in [0.717, 1.165) is 31.7 Å². The van der Waals surface area contributed by atoms with Gasteiger partial charge in [0.1, 0.15) is 11.6 Å². The number of carbonyl (C=O) groups is 1. The maximum absolute atomic E-state index is 12.7. The maximum atomic E-state index is 12.7. The average molecular weight is 454 g/mol. The van der Waals surface area contributed by atoms with Gasteiger partial charge in [0, 0.05) is 18.9 Å². The number of carbonyl (C=O) groups excluding carboxylic acids is 1. The fraction of sp³-hybridized carbons (Fsp3) is 0.375. The van der Waals surface area contributed by atoms with Crippen LogP contribution in [0, 0.1) is 0 Å². The van der Waals surface area contributed by atoms with Crippen molar-refractivity contribution in [3.05, 3.63) is 71.1 Å². The first-order chi connectivity index (χ1) is 15.5. The van der Waals surface area contributed by atoms with Crippen LogP contribution in [0.5, 0.6) is 5.75 Å². The van der Waals surface area contributed by atoms with Gasteiger partial charge in [-0.25, -0.2) is 4.98 Å². The fourth-order valence-electron chi connectivity index (χ4n) is 4.07. The third-order valence-corrected chi connectivity index (χ3v) is 6.21. The van der Waals surface area contributed by atoms with E-state index in [2.05, 4.69) is 38.6 Å². The van der Waals surface area contributed by atoms with E-state index < -0.39 is 0 Å². The summed E-state index contributed by atoms with van der Waals surface area (Å²) in [6, 6.07) is 11.2. The predicted molar refractivity (Wildman–Crippen MR) is 125 cm³/mol. The van der Waals surface area contributed by atoms with Crippen LogP contribution in [0.4, 0.5) is 5.82 Å². The molecule has 3 aromatic rings. The maximum Gasteiger partial charge on any atom is 0.242 e. The van der Waals surface area contributed by atoms with Crippen LogP contribution < -0.4 is 10.1 Å². The van der Waals surface area contributed by atoms with Crippen molar-refractivity contribution in [1.82, 2.24) is 19.7 Å². The smallest absolute Gasteiger partial charge is 0.242 e. The van der Waals surface area contributed by atoms with E-state index in [1.54, 1.807) is 19.2 Å². The highest BCUT2D eigenvalue weighted by molar-refractivity contribution is 6.30. The van der Waals surface area contributed by atoms with E-state index in [4.69, 9.17) is 16.3 Å². The average Bonchev–Trinajstić information content (AvgIpc) is 3.29. The number of nitrogens with one attached hydrogen (secondary N) is 1. The van der Waals surface area contributed by atoms with Crippen LogP contribution in [0.25, 0.3) is 0 Å². The first-order valence-corrected chi connectivity index (χ1v) is 11.2. The Labute approximate surface area is 193 Å². The van der Waals surface area contributed by atoms with Crippen molar-refractivity contribution in [3.8, 4) is 5.75 Å². The Balaban J connectivity index is 1.35. The Morgan fingerprint density at radius 1 is 1.25 bits per heavy atom. The van der Waals surface area contributed by atoms with E-state index in [-0.39, 0.29) is 11.9 Å². The highest BCUT2D eigenvalue weighted by Crippen LogP contribution is 2.28. The lowest BCUT2D eigenvalue weighted by molar-refractivity contribution is -0.121. The van der Waals surface area contributed by atoms with Gasteiger partial charge in [-0.1, -0.05) is 23.7 Å². The SMILES string of the molecule is COc1ccc(Cn2cc(C3CCCN([C@@H](C)C(=O)Nc4ccc(Cl)cn4)C3)cn2)cc1. The van der Waals surface area contributed by atoms with Gasteiger partial charge in [0.2, 0.25) is 5.91 Å². The van der Waals surface area contributed by atoms with Crippen LogP contribution in [0.1, 0.15) is 36.8 Å². The van der Waals surface area contributed by atoms with Crippen molar-refractivity contribution in [2.45, 2.75) is 38.3 Å². The Bertz CT molecular complexity index is 1040. The number of rotatable bonds is 7. The van der Waals surface area contributed by atoms with Gasteiger partial charge in [0.25, 0.3) is 0 Å². The second kappa shape index (κ2) is 10.1. The topological polar surface area (TPSA) is 72.3 Å². The second-order valence-corrected chi connectivity index (χ2v) is 8.62. The van der Waals surface area contributed by atoms with Gasteiger partial charge in [-0.15, -0.1) is 0 Å². The molecule has 1 saturated heterocycles. The molecular weight excluding hydrogens is 426 g/mol. The molecule has 3 heterocycles. The van der Waals surface area contributed by atoms with Gasteiger partial charge in [0.05, 0.1) is 30.9 Å². The Hall–Kier alpha value is -2.90. The molecule has 0 radical (unpaired) electrons. The number of ether oxygens (including phenoxy) is 1. The van der Waals surface area contributed by atoms with E-state index in [0.29, 0.717) is 23.3 Å². The number of halogens is 1. The minimum absolute atomic E-state index is 0.0596. The third kappa shape index (κ3) is 5.47. The quantitative estimate of drug-likeness (QED) is 0.580. The molecule has 1 aliphatic rings. The summed E-state index contributed by atoms with van der Waals surface area (Å²) in [6.45, 7) is 4.39. The predicted octanol–water partition coefficient (Wildman–Crippen LogP) is 4.20. The number of piperidine rings is 1. The summed E-state index contributed by atoms with van der Waals surface area (Å²) in [7, 11) is 1.67. The summed E-state index contributed by atoms with van der Waals surface area (Å²) in [5.41, 5.74) is 2.39. The number of pyridine rings is 1. The molecule has 0 spiro atoms. The molecule has 32 heavy (non-hydrogen) atoms. The summed E-state index contributed by atoms with van der Waals surface area (Å²) in [4.78, 5) is 19.1. The molecule has 168 valence electrons. The van der Waals surface area contributed by atoms with Crippen molar-refractivity contribution in [3.63, 3.8) is 0 Å². The summed E-state index contributed by atoms with van der Waals surface area (Å²) in [6.07, 6.45) is 7.76. The van der Waals surface area contributed by atoms with Crippen LogP contribution in [-0.4, -0.2) is 51.8 Å². The zero-order chi connectivity index (χ0) is 22.5. The zero-order valence-electron chi connectivity index (χ0n) is 18.4. The number of anilines is 1. The van der Waals surface area contributed by atoms with Crippen LogP contribution >= 0.6 is 11.6 Å². The highest BCUT2D eigenvalue weighted by atomic mass is 35.5. The van der Waals surface area contributed by atoms with Crippen molar-refractivity contribution in [1.29, 1.82) is 0 Å². The molecule has 1 fully saturated rings. The molecule has 1 aromatic carbocycles. The summed E-state index contributed by atoms with van der Waals surface area (Å²) >= 11 is 5.87. The van der Waals surface area contributed by atoms with Gasteiger partial charge in [-0.2, -0.15) is 5.10 Å². The molecule has 1 N–H and O–H groups in total. The molecule has 2 aromatic heterocycles. The van der Waals surface area contributed by atoms with Gasteiger partial charge >= 0.3 is 0 Å². The van der Waals surface area contributed by atoms with Crippen LogP contribution in [0.3, 0.4) is 0 Å². The Morgan fingerprint density at radius 3 is 2.78 bits per heavy atom. The van der Waals surface area contributed by atoms with Crippen molar-refractivity contribution in [2.75, 3.05) is 25.5 Å². The van der Waals surface area contributed by atoms with E-state index in [1.165, 1.54) is 17.3 Å². The second-order valence-electron chi connectivity index (χ2n) is 8.18. The molecule has 8 heteroatoms. The number of hydrogen-bond donors (Lipinski definition) is 1. The number of nitrogens with zero attached hydrogens (tertiary/aromatic N) is 4. The molecule has 0 aliphatic carbocycles. The van der Waals surface area contributed by atoms with Gasteiger partial charge in [0.15, 0.2) is 0 Å². The highest BCUT2D eigenvalue weighted by Gasteiger charge is 2.29. The normalized spacial score (nSPS) is 17.7. The first kappa shape index (κ1) is 22.3. The van der Waals surface area contributed by atoms with Crippen LogP contribution in [-0.2, 0) is 11.3 Å². The third-order valence-electron chi connectivity index (χ3n) is 5.99. The van der Waals surface area contributed by atoms with Gasteiger partial charge in [-0.05, 0) is 67.6 Å². The molecule has 2 atom stereocenters. The zero-order valence-corrected chi connectivity index (χ0v) is 19.1. The molecule has 1 unspecified atom stereocenters. The summed E-state index contributed by atoms with van der Waals surface area (Å²) < 4.78 is 7.19. The summed E-state index contributed by atoms with van der Waals surface area (Å²) in [5.74, 6) is 1.66. The molecule has 1 aliphatic heterocycles. The van der Waals surface area contributed by atoms with Gasteiger partial charge in [-0.3, -0.25) is 14.4 Å². The number of amides is 1. The number of hydrogen-bond acceptors (Lipinski definition) is 5. The monoisotopic (exact) mass is 453 g/mol.